The highest BCUT2D eigenvalue weighted by Crippen LogP contribution is 2.21. The molecule has 0 saturated carbocycles. The van der Waals surface area contributed by atoms with E-state index in [-0.39, 0.29) is 11.6 Å². The Kier molecular flexibility index (Phi) is 4.94. The van der Waals surface area contributed by atoms with E-state index in [0.29, 0.717) is 22.8 Å². The van der Waals surface area contributed by atoms with E-state index < -0.39 is 0 Å². The minimum atomic E-state index is -0.304. The van der Waals surface area contributed by atoms with Gasteiger partial charge in [-0.05, 0) is 36.8 Å². The van der Waals surface area contributed by atoms with Crippen LogP contribution in [0.15, 0.2) is 34.8 Å². The van der Waals surface area contributed by atoms with Gasteiger partial charge in [-0.25, -0.2) is 4.98 Å². The summed E-state index contributed by atoms with van der Waals surface area (Å²) in [5, 5.41) is 12.2. The first-order chi connectivity index (χ1) is 10.0. The van der Waals surface area contributed by atoms with Gasteiger partial charge in [0.1, 0.15) is 11.8 Å². The van der Waals surface area contributed by atoms with Crippen molar-refractivity contribution in [3.05, 3.63) is 62.3 Å². The zero-order chi connectivity index (χ0) is 15.4. The van der Waals surface area contributed by atoms with E-state index in [1.54, 1.807) is 19.1 Å². The minimum absolute atomic E-state index is 0.278. The summed E-state index contributed by atoms with van der Waals surface area (Å²) >= 11 is 9.42. The lowest BCUT2D eigenvalue weighted by molar-refractivity contribution is 0.0945. The molecule has 0 aliphatic rings. The first-order valence-electron chi connectivity index (χ1n) is 6.11. The normalized spacial score (nSPS) is 10.0. The number of rotatable bonds is 3. The first-order valence-corrected chi connectivity index (χ1v) is 7.28. The molecule has 0 aliphatic heterocycles. The molecule has 21 heavy (non-hydrogen) atoms. The van der Waals surface area contributed by atoms with Gasteiger partial charge in [-0.15, -0.1) is 0 Å². The Balaban J connectivity index is 2.08. The third kappa shape index (κ3) is 3.81. The molecule has 0 aliphatic carbocycles. The molecular formula is C15H11BrClN3O. The Morgan fingerprint density at radius 2 is 2.19 bits per heavy atom. The van der Waals surface area contributed by atoms with E-state index in [1.165, 1.54) is 6.07 Å². The number of hydrogen-bond donors (Lipinski definition) is 1. The van der Waals surface area contributed by atoms with E-state index in [9.17, 15) is 4.79 Å². The topological polar surface area (TPSA) is 65.8 Å². The van der Waals surface area contributed by atoms with Crippen LogP contribution >= 0.6 is 27.5 Å². The van der Waals surface area contributed by atoms with Crippen molar-refractivity contribution in [1.82, 2.24) is 10.3 Å². The average molecular weight is 365 g/mol. The van der Waals surface area contributed by atoms with Crippen LogP contribution in [-0.4, -0.2) is 10.9 Å². The van der Waals surface area contributed by atoms with Crippen molar-refractivity contribution in [2.24, 2.45) is 0 Å². The monoisotopic (exact) mass is 363 g/mol. The molecule has 1 aromatic heterocycles. The number of carbonyl (C=O) groups is 1. The van der Waals surface area contributed by atoms with Crippen molar-refractivity contribution in [3.63, 3.8) is 0 Å². The summed E-state index contributed by atoms with van der Waals surface area (Å²) in [6.45, 7) is 2.01. The van der Waals surface area contributed by atoms with Crippen molar-refractivity contribution in [2.45, 2.75) is 13.5 Å². The summed E-state index contributed by atoms with van der Waals surface area (Å²) in [6.07, 6.45) is 0. The number of aromatic nitrogens is 1. The maximum Gasteiger partial charge on any atom is 0.270 e. The molecule has 2 rings (SSSR count). The van der Waals surface area contributed by atoms with E-state index >= 15 is 0 Å². The van der Waals surface area contributed by atoms with Crippen LogP contribution in [0.3, 0.4) is 0 Å². The fourth-order valence-corrected chi connectivity index (χ4v) is 2.48. The maximum atomic E-state index is 12.0. The lowest BCUT2D eigenvalue weighted by Gasteiger charge is -2.08. The number of nitrogens with zero attached hydrogens (tertiary/aromatic N) is 2. The standard InChI is InChI=1S/C15H11BrClN3O/c1-9-10(7-18)3-5-14(20-9)15(21)19-8-11-2-4-12(16)6-13(11)17/h2-6H,8H2,1H3,(H,19,21). The van der Waals surface area contributed by atoms with Gasteiger partial charge in [-0.1, -0.05) is 33.6 Å². The van der Waals surface area contributed by atoms with Crippen LogP contribution < -0.4 is 5.32 Å². The number of hydrogen-bond acceptors (Lipinski definition) is 3. The third-order valence-corrected chi connectivity index (χ3v) is 3.74. The van der Waals surface area contributed by atoms with Crippen LogP contribution in [0.2, 0.25) is 5.02 Å². The molecule has 0 atom stereocenters. The third-order valence-electron chi connectivity index (χ3n) is 2.89. The van der Waals surface area contributed by atoms with Crippen LogP contribution in [0.1, 0.15) is 27.3 Å². The van der Waals surface area contributed by atoms with Gasteiger partial charge >= 0.3 is 0 Å². The van der Waals surface area contributed by atoms with E-state index in [2.05, 4.69) is 26.2 Å². The van der Waals surface area contributed by atoms with Crippen LogP contribution in [0.25, 0.3) is 0 Å². The molecule has 0 spiro atoms. The molecule has 0 radical (unpaired) electrons. The smallest absolute Gasteiger partial charge is 0.270 e. The van der Waals surface area contributed by atoms with Gasteiger partial charge < -0.3 is 5.32 Å². The number of halogens is 2. The lowest BCUT2D eigenvalue weighted by Crippen LogP contribution is -2.24. The number of nitrogens with one attached hydrogen (secondary N) is 1. The maximum absolute atomic E-state index is 12.0. The van der Waals surface area contributed by atoms with Crippen LogP contribution in [-0.2, 0) is 6.54 Å². The Labute approximate surface area is 135 Å². The summed E-state index contributed by atoms with van der Waals surface area (Å²) in [5.41, 5.74) is 2.09. The molecule has 0 saturated heterocycles. The molecule has 1 N–H and O–H groups in total. The Morgan fingerprint density at radius 3 is 2.81 bits per heavy atom. The van der Waals surface area contributed by atoms with Gasteiger partial charge in [-0.3, -0.25) is 4.79 Å². The summed E-state index contributed by atoms with van der Waals surface area (Å²) in [4.78, 5) is 16.2. The number of aryl methyl sites for hydroxylation is 1. The van der Waals surface area contributed by atoms with Crippen LogP contribution in [0.4, 0.5) is 0 Å². The molecule has 4 nitrogen and oxygen atoms in total. The van der Waals surface area contributed by atoms with Crippen molar-refractivity contribution >= 4 is 33.4 Å². The second kappa shape index (κ2) is 6.70. The second-order valence-electron chi connectivity index (χ2n) is 4.36. The molecule has 0 fully saturated rings. The Morgan fingerprint density at radius 1 is 1.43 bits per heavy atom. The van der Waals surface area contributed by atoms with Crippen molar-refractivity contribution in [2.75, 3.05) is 0 Å². The van der Waals surface area contributed by atoms with Gasteiger partial charge in [0.2, 0.25) is 0 Å². The Bertz CT molecular complexity index is 740. The van der Waals surface area contributed by atoms with Gasteiger partial charge in [-0.2, -0.15) is 5.26 Å². The van der Waals surface area contributed by atoms with E-state index in [1.807, 2.05) is 18.2 Å². The van der Waals surface area contributed by atoms with Gasteiger partial charge in [0.25, 0.3) is 5.91 Å². The fraction of sp³-hybridized carbons (Fsp3) is 0.133. The van der Waals surface area contributed by atoms with E-state index in [4.69, 9.17) is 16.9 Å². The molecular weight excluding hydrogens is 354 g/mol. The first kappa shape index (κ1) is 15.5. The highest BCUT2D eigenvalue weighted by atomic mass is 79.9. The van der Waals surface area contributed by atoms with Crippen molar-refractivity contribution in [1.29, 1.82) is 5.26 Å². The second-order valence-corrected chi connectivity index (χ2v) is 5.68. The fourth-order valence-electron chi connectivity index (χ4n) is 1.74. The van der Waals surface area contributed by atoms with Gasteiger partial charge in [0.15, 0.2) is 0 Å². The summed E-state index contributed by atoms with van der Waals surface area (Å²) in [7, 11) is 0. The summed E-state index contributed by atoms with van der Waals surface area (Å²) in [6, 6.07) is 10.6. The average Bonchev–Trinajstić information content (AvgIpc) is 2.46. The Hall–Kier alpha value is -1.90. The highest BCUT2D eigenvalue weighted by molar-refractivity contribution is 9.10. The summed E-state index contributed by atoms with van der Waals surface area (Å²) < 4.78 is 0.881. The zero-order valence-electron chi connectivity index (χ0n) is 11.2. The molecule has 6 heteroatoms. The van der Waals surface area contributed by atoms with Crippen molar-refractivity contribution in [3.8, 4) is 6.07 Å². The number of benzene rings is 1. The number of carbonyl (C=O) groups excluding carboxylic acids is 1. The number of amides is 1. The van der Waals surface area contributed by atoms with Gasteiger partial charge in [0, 0.05) is 16.0 Å². The van der Waals surface area contributed by atoms with Crippen molar-refractivity contribution < 1.29 is 4.79 Å². The summed E-state index contributed by atoms with van der Waals surface area (Å²) in [5.74, 6) is -0.304. The largest absolute Gasteiger partial charge is 0.347 e. The lowest BCUT2D eigenvalue weighted by atomic mass is 10.2. The zero-order valence-corrected chi connectivity index (χ0v) is 13.5. The molecule has 0 bridgehead atoms. The molecule has 0 unspecified atom stereocenters. The minimum Gasteiger partial charge on any atom is -0.347 e. The van der Waals surface area contributed by atoms with E-state index in [0.717, 1.165) is 10.0 Å². The quantitative estimate of drug-likeness (QED) is 0.905. The molecule has 1 heterocycles. The van der Waals surface area contributed by atoms with Gasteiger partial charge in [0.05, 0.1) is 11.3 Å². The molecule has 2 aromatic rings. The van der Waals surface area contributed by atoms with Crippen LogP contribution in [0, 0.1) is 18.3 Å². The molecule has 1 amide bonds. The number of pyridine rings is 1. The molecule has 106 valence electrons. The number of nitriles is 1. The predicted octanol–water partition coefficient (Wildman–Crippen LogP) is 3.61. The highest BCUT2D eigenvalue weighted by Gasteiger charge is 2.10. The molecule has 1 aromatic carbocycles. The SMILES string of the molecule is Cc1nc(C(=O)NCc2ccc(Br)cc2Cl)ccc1C#N. The van der Waals surface area contributed by atoms with Crippen LogP contribution in [0.5, 0.6) is 0 Å². The predicted molar refractivity (Wildman–Crippen MR) is 84.0 cm³/mol.